The molecule has 4 saturated carbocycles. The lowest BCUT2D eigenvalue weighted by Crippen LogP contribution is -2.58. The molecule has 40 heavy (non-hydrogen) atoms. The summed E-state index contributed by atoms with van der Waals surface area (Å²) in [6.45, 7) is 23.0. The van der Waals surface area contributed by atoms with Crippen LogP contribution in [-0.2, 0) is 9.22 Å². The fourth-order valence-electron chi connectivity index (χ4n) is 11.1. The largest absolute Gasteiger partial charge is 0.414 e. The van der Waals surface area contributed by atoms with Gasteiger partial charge in [0.1, 0.15) is 0 Å². The zero-order valence-corrected chi connectivity index (χ0v) is 28.7. The maximum atomic E-state index is 12.5. The van der Waals surface area contributed by atoms with Crippen molar-refractivity contribution in [1.82, 2.24) is 4.90 Å². The fraction of sp³-hybridized carbons (Fsp3) is 0.971. The molecule has 0 bridgehead atoms. The summed E-state index contributed by atoms with van der Waals surface area (Å²) in [6, 6.07) is 0. The van der Waals surface area contributed by atoms with Crippen LogP contribution >= 0.6 is 0 Å². The number of fused-ring (bicyclic) bond motifs is 5. The number of rotatable bonds is 5. The number of hydrogen-bond donors (Lipinski definition) is 1. The average Bonchev–Trinajstić information content (AvgIpc) is 3.25. The maximum Gasteiger partial charge on any atom is 0.222 e. The van der Waals surface area contributed by atoms with Gasteiger partial charge < -0.3 is 14.4 Å². The number of piperidine rings is 1. The topological polar surface area (TPSA) is 49.8 Å². The van der Waals surface area contributed by atoms with Crippen molar-refractivity contribution in [2.45, 2.75) is 155 Å². The number of hydrogen-bond acceptors (Lipinski definition) is 3. The Hall–Kier alpha value is -0.393. The highest BCUT2D eigenvalue weighted by atomic mass is 28.4. The zero-order valence-electron chi connectivity index (χ0n) is 27.7. The first-order chi connectivity index (χ1) is 18.5. The molecule has 4 aliphatic carbocycles. The van der Waals surface area contributed by atoms with Gasteiger partial charge >= 0.3 is 0 Å². The molecule has 4 nitrogen and oxygen atoms in total. The summed E-state index contributed by atoms with van der Waals surface area (Å²) in [4.78, 5) is 14.6. The normalized spacial score (nSPS) is 43.9. The lowest BCUT2D eigenvalue weighted by Gasteiger charge is -2.62. The van der Waals surface area contributed by atoms with E-state index in [4.69, 9.17) is 4.43 Å². The highest BCUT2D eigenvalue weighted by molar-refractivity contribution is 6.74. The smallest absolute Gasteiger partial charge is 0.222 e. The van der Waals surface area contributed by atoms with Gasteiger partial charge in [-0.1, -0.05) is 41.5 Å². The van der Waals surface area contributed by atoms with Crippen molar-refractivity contribution in [3.63, 3.8) is 0 Å². The van der Waals surface area contributed by atoms with E-state index >= 15 is 0 Å². The highest BCUT2D eigenvalue weighted by Gasteiger charge is 2.63. The van der Waals surface area contributed by atoms with E-state index in [1.807, 2.05) is 11.8 Å². The van der Waals surface area contributed by atoms with Crippen molar-refractivity contribution >= 4 is 14.2 Å². The van der Waals surface area contributed by atoms with Crippen LogP contribution in [0.4, 0.5) is 0 Å². The third-order valence-corrected chi connectivity index (χ3v) is 19.0. The van der Waals surface area contributed by atoms with Gasteiger partial charge in [0, 0.05) is 31.5 Å². The molecule has 1 amide bonds. The monoisotopic (exact) mass is 573 g/mol. The Morgan fingerprint density at radius 3 is 2.30 bits per heavy atom. The molecule has 0 spiro atoms. The quantitative estimate of drug-likeness (QED) is 0.336. The Bertz CT molecular complexity index is 941. The first-order valence-corrected chi connectivity index (χ1v) is 20.1. The van der Waals surface area contributed by atoms with Crippen LogP contribution in [0.5, 0.6) is 0 Å². The van der Waals surface area contributed by atoms with Gasteiger partial charge in [0.05, 0.1) is 5.60 Å². The summed E-state index contributed by atoms with van der Waals surface area (Å²) >= 11 is 0. The number of aliphatic hydroxyl groups is 1. The third-order valence-electron chi connectivity index (χ3n) is 14.5. The standard InChI is InChI=1S/C35H63NO3Si/c1-10-31(37)36-21-11-12-25(23-36)35(7,38)30-16-15-28-27-14-13-24-22-26(39-40(8,9)32(2,3)4)17-19-33(24,5)29(27)18-20-34(28,30)6/h24-30,38H,10-23H2,1-9H3/t24?,25?,26-,27?,28?,29?,30-,33-,34-,35?/m0/s1. The van der Waals surface area contributed by atoms with Crippen LogP contribution in [0.25, 0.3) is 0 Å². The minimum Gasteiger partial charge on any atom is -0.414 e. The van der Waals surface area contributed by atoms with E-state index in [2.05, 4.69) is 54.6 Å². The van der Waals surface area contributed by atoms with Crippen molar-refractivity contribution in [3.05, 3.63) is 0 Å². The van der Waals surface area contributed by atoms with Crippen molar-refractivity contribution in [2.24, 2.45) is 46.3 Å². The van der Waals surface area contributed by atoms with Gasteiger partial charge in [-0.05, 0) is 136 Å². The van der Waals surface area contributed by atoms with Crippen LogP contribution in [0, 0.1) is 46.3 Å². The Kier molecular flexibility index (Phi) is 8.26. The molecule has 5 aliphatic rings. The van der Waals surface area contributed by atoms with E-state index in [1.165, 1.54) is 51.4 Å². The van der Waals surface area contributed by atoms with Crippen LogP contribution in [0.2, 0.25) is 18.1 Å². The van der Waals surface area contributed by atoms with Gasteiger partial charge in [0.2, 0.25) is 5.91 Å². The van der Waals surface area contributed by atoms with Crippen molar-refractivity contribution in [2.75, 3.05) is 13.1 Å². The van der Waals surface area contributed by atoms with Gasteiger partial charge in [0.25, 0.3) is 0 Å². The van der Waals surface area contributed by atoms with Gasteiger partial charge in [-0.25, -0.2) is 0 Å². The lowest BCUT2D eigenvalue weighted by atomic mass is 9.44. The van der Waals surface area contributed by atoms with Crippen LogP contribution in [-0.4, -0.2) is 49.0 Å². The average molecular weight is 574 g/mol. The molecule has 1 heterocycles. The SMILES string of the molecule is CCC(=O)N1CCCC(C(C)(O)[C@H]2CCC3C4CCC5C[C@@H](O[Si](C)(C)C(C)(C)C)CC[C@]5(C)C4CC[C@@]32C)C1. The fourth-order valence-corrected chi connectivity index (χ4v) is 12.5. The minimum atomic E-state index is -1.73. The van der Waals surface area contributed by atoms with Gasteiger partial charge in [-0.2, -0.15) is 0 Å². The molecule has 1 saturated heterocycles. The zero-order chi connectivity index (χ0) is 29.3. The summed E-state index contributed by atoms with van der Waals surface area (Å²) < 4.78 is 6.98. The number of amides is 1. The van der Waals surface area contributed by atoms with Gasteiger partial charge in [-0.3, -0.25) is 4.79 Å². The molecule has 6 unspecified atom stereocenters. The van der Waals surface area contributed by atoms with Crippen LogP contribution < -0.4 is 0 Å². The van der Waals surface area contributed by atoms with E-state index < -0.39 is 13.9 Å². The number of carbonyl (C=O) groups excluding carboxylic acids is 1. The molecule has 10 atom stereocenters. The molecular weight excluding hydrogens is 510 g/mol. The molecule has 230 valence electrons. The molecule has 0 radical (unpaired) electrons. The summed E-state index contributed by atoms with van der Waals surface area (Å²) in [5.41, 5.74) is -0.000638. The lowest BCUT2D eigenvalue weighted by molar-refractivity contribution is -0.160. The second kappa shape index (κ2) is 10.6. The first-order valence-electron chi connectivity index (χ1n) is 17.2. The highest BCUT2D eigenvalue weighted by Crippen LogP contribution is 2.69. The van der Waals surface area contributed by atoms with E-state index in [-0.39, 0.29) is 22.3 Å². The van der Waals surface area contributed by atoms with Crippen molar-refractivity contribution in [1.29, 1.82) is 0 Å². The molecule has 0 aromatic carbocycles. The second-order valence-corrected chi connectivity index (χ2v) is 22.1. The molecule has 0 aromatic heterocycles. The number of nitrogens with zero attached hydrogens (tertiary/aromatic N) is 1. The Balaban J connectivity index is 1.29. The van der Waals surface area contributed by atoms with E-state index in [9.17, 15) is 9.90 Å². The minimum absolute atomic E-state index is 0.208. The van der Waals surface area contributed by atoms with Crippen molar-refractivity contribution < 1.29 is 14.3 Å². The van der Waals surface area contributed by atoms with Crippen LogP contribution in [0.3, 0.4) is 0 Å². The number of carbonyl (C=O) groups is 1. The van der Waals surface area contributed by atoms with Crippen molar-refractivity contribution in [3.8, 4) is 0 Å². The second-order valence-electron chi connectivity index (χ2n) is 17.4. The van der Waals surface area contributed by atoms with E-state index in [1.54, 1.807) is 0 Å². The summed E-state index contributed by atoms with van der Waals surface area (Å²) in [5.74, 6) is 4.04. The summed E-state index contributed by atoms with van der Waals surface area (Å²) in [6.07, 6.45) is 14.8. The first kappa shape index (κ1) is 31.0. The van der Waals surface area contributed by atoms with Crippen LogP contribution in [0.1, 0.15) is 126 Å². The maximum absolute atomic E-state index is 12.5. The van der Waals surface area contributed by atoms with E-state index in [0.717, 1.165) is 56.0 Å². The molecule has 5 fully saturated rings. The molecule has 5 rings (SSSR count). The molecule has 5 heteroatoms. The Labute approximate surface area is 247 Å². The molecule has 1 aliphatic heterocycles. The van der Waals surface area contributed by atoms with Gasteiger partial charge in [0.15, 0.2) is 8.32 Å². The molecular formula is C35H63NO3Si. The number of likely N-dealkylation sites (tertiary alicyclic amines) is 1. The molecule has 0 aromatic rings. The van der Waals surface area contributed by atoms with Gasteiger partial charge in [-0.15, -0.1) is 0 Å². The third kappa shape index (κ3) is 5.08. The summed E-state index contributed by atoms with van der Waals surface area (Å²) in [7, 11) is -1.73. The molecule has 1 N–H and O–H groups in total. The Morgan fingerprint density at radius 1 is 0.950 bits per heavy atom. The Morgan fingerprint density at radius 2 is 1.62 bits per heavy atom. The van der Waals surface area contributed by atoms with E-state index in [0.29, 0.717) is 23.9 Å². The van der Waals surface area contributed by atoms with Crippen LogP contribution in [0.15, 0.2) is 0 Å². The predicted octanol–water partition coefficient (Wildman–Crippen LogP) is 8.44. The predicted molar refractivity (Wildman–Crippen MR) is 168 cm³/mol. The summed E-state index contributed by atoms with van der Waals surface area (Å²) in [5, 5.41) is 12.6.